The molecule has 1 aromatic heterocycles. The summed E-state index contributed by atoms with van der Waals surface area (Å²) in [5.74, 6) is 1.31. The third-order valence-electron chi connectivity index (χ3n) is 3.63. The van der Waals surface area contributed by atoms with Crippen molar-refractivity contribution in [1.82, 2.24) is 15.1 Å². The Bertz CT molecular complexity index is 384. The third kappa shape index (κ3) is 2.53. The zero-order chi connectivity index (χ0) is 11.7. The summed E-state index contributed by atoms with van der Waals surface area (Å²) in [5, 5.41) is 8.21. The highest BCUT2D eigenvalue weighted by Crippen LogP contribution is 2.31. The summed E-state index contributed by atoms with van der Waals surface area (Å²) in [7, 11) is 0. The minimum absolute atomic E-state index is 0.430. The van der Waals surface area contributed by atoms with Gasteiger partial charge in [0.15, 0.2) is 0 Å². The monoisotopic (exact) mass is 235 g/mol. The van der Waals surface area contributed by atoms with Crippen LogP contribution in [-0.2, 0) is 17.8 Å². The summed E-state index contributed by atoms with van der Waals surface area (Å²) in [6.45, 7) is 6.68. The van der Waals surface area contributed by atoms with Crippen LogP contribution >= 0.6 is 0 Å². The summed E-state index contributed by atoms with van der Waals surface area (Å²) < 4.78 is 7.69. The molecule has 1 aromatic rings. The van der Waals surface area contributed by atoms with Gasteiger partial charge in [-0.2, -0.15) is 5.10 Å². The Morgan fingerprint density at radius 3 is 3.18 bits per heavy atom. The molecule has 1 N–H and O–H groups in total. The van der Waals surface area contributed by atoms with Crippen molar-refractivity contribution in [3.63, 3.8) is 0 Å². The van der Waals surface area contributed by atoms with E-state index in [0.29, 0.717) is 5.92 Å². The van der Waals surface area contributed by atoms with Crippen LogP contribution in [-0.4, -0.2) is 29.5 Å². The number of nitrogens with zero attached hydrogens (tertiary/aromatic N) is 2. The molecule has 17 heavy (non-hydrogen) atoms. The SMILES string of the molecule is CCOC[C@H]1CNCc2cn(CC3CC3)nc21. The van der Waals surface area contributed by atoms with E-state index in [9.17, 15) is 0 Å². The molecule has 0 bridgehead atoms. The van der Waals surface area contributed by atoms with Gasteiger partial charge in [-0.1, -0.05) is 0 Å². The molecular formula is C13H21N3O. The molecule has 0 unspecified atom stereocenters. The van der Waals surface area contributed by atoms with Crippen LogP contribution in [0.1, 0.15) is 36.9 Å². The van der Waals surface area contributed by atoms with Crippen molar-refractivity contribution in [2.75, 3.05) is 19.8 Å². The molecule has 1 aliphatic carbocycles. The highest BCUT2D eigenvalue weighted by Gasteiger charge is 2.26. The lowest BCUT2D eigenvalue weighted by Gasteiger charge is -2.21. The van der Waals surface area contributed by atoms with E-state index in [1.54, 1.807) is 0 Å². The van der Waals surface area contributed by atoms with E-state index < -0.39 is 0 Å². The number of aromatic nitrogens is 2. The number of ether oxygens (including phenoxy) is 1. The molecule has 4 heteroatoms. The summed E-state index contributed by atoms with van der Waals surface area (Å²) in [6, 6.07) is 0. The largest absolute Gasteiger partial charge is 0.381 e. The van der Waals surface area contributed by atoms with E-state index in [0.717, 1.165) is 38.8 Å². The predicted octanol–water partition coefficient (Wildman–Crippen LogP) is 1.52. The zero-order valence-electron chi connectivity index (χ0n) is 10.5. The van der Waals surface area contributed by atoms with Gasteiger partial charge in [-0.15, -0.1) is 0 Å². The van der Waals surface area contributed by atoms with Gasteiger partial charge in [0, 0.05) is 43.9 Å². The fraction of sp³-hybridized carbons (Fsp3) is 0.769. The summed E-state index contributed by atoms with van der Waals surface area (Å²) >= 11 is 0. The first-order valence-electron chi connectivity index (χ1n) is 6.71. The Balaban J connectivity index is 1.73. The van der Waals surface area contributed by atoms with Gasteiger partial charge < -0.3 is 10.1 Å². The maximum absolute atomic E-state index is 5.54. The average molecular weight is 235 g/mol. The van der Waals surface area contributed by atoms with Crippen LogP contribution in [0.2, 0.25) is 0 Å². The molecule has 4 nitrogen and oxygen atoms in total. The quantitative estimate of drug-likeness (QED) is 0.841. The van der Waals surface area contributed by atoms with Crippen LogP contribution in [0.15, 0.2) is 6.20 Å². The Hall–Kier alpha value is -0.870. The fourth-order valence-electron chi connectivity index (χ4n) is 2.49. The van der Waals surface area contributed by atoms with E-state index in [1.807, 2.05) is 6.92 Å². The van der Waals surface area contributed by atoms with Crippen molar-refractivity contribution < 1.29 is 4.74 Å². The van der Waals surface area contributed by atoms with Crippen LogP contribution < -0.4 is 5.32 Å². The van der Waals surface area contributed by atoms with Gasteiger partial charge in [-0.05, 0) is 25.7 Å². The number of rotatable bonds is 5. The molecule has 2 heterocycles. The Kier molecular flexibility index (Phi) is 3.16. The number of nitrogens with one attached hydrogen (secondary N) is 1. The van der Waals surface area contributed by atoms with Crippen LogP contribution in [0.3, 0.4) is 0 Å². The average Bonchev–Trinajstić information content (AvgIpc) is 3.04. The standard InChI is InChI=1S/C13H21N3O/c1-2-17-9-12-6-14-5-11-8-16(15-13(11)12)7-10-3-4-10/h8,10,12,14H,2-7,9H2,1H3/t12-/m1/s1. The van der Waals surface area contributed by atoms with Crippen LogP contribution in [0.4, 0.5) is 0 Å². The second-order valence-electron chi connectivity index (χ2n) is 5.19. The van der Waals surface area contributed by atoms with Crippen LogP contribution in [0.5, 0.6) is 0 Å². The molecule has 94 valence electrons. The molecule has 1 fully saturated rings. The molecule has 0 aromatic carbocycles. The Morgan fingerprint density at radius 1 is 1.53 bits per heavy atom. The van der Waals surface area contributed by atoms with Gasteiger partial charge in [0.1, 0.15) is 0 Å². The zero-order valence-corrected chi connectivity index (χ0v) is 10.5. The van der Waals surface area contributed by atoms with E-state index in [4.69, 9.17) is 9.84 Å². The van der Waals surface area contributed by atoms with E-state index >= 15 is 0 Å². The highest BCUT2D eigenvalue weighted by atomic mass is 16.5. The summed E-state index contributed by atoms with van der Waals surface area (Å²) in [4.78, 5) is 0. The second-order valence-corrected chi connectivity index (χ2v) is 5.19. The van der Waals surface area contributed by atoms with Crippen LogP contribution in [0.25, 0.3) is 0 Å². The molecule has 0 amide bonds. The number of hydrogen-bond acceptors (Lipinski definition) is 3. The highest BCUT2D eigenvalue weighted by molar-refractivity contribution is 5.24. The van der Waals surface area contributed by atoms with Gasteiger partial charge >= 0.3 is 0 Å². The molecule has 0 spiro atoms. The normalized spacial score (nSPS) is 23.7. The first-order valence-corrected chi connectivity index (χ1v) is 6.71. The number of fused-ring (bicyclic) bond motifs is 1. The van der Waals surface area contributed by atoms with E-state index in [-0.39, 0.29) is 0 Å². The minimum atomic E-state index is 0.430. The van der Waals surface area contributed by atoms with Crippen molar-refractivity contribution in [2.45, 2.75) is 38.8 Å². The van der Waals surface area contributed by atoms with Crippen molar-refractivity contribution in [2.24, 2.45) is 5.92 Å². The Labute approximate surface area is 102 Å². The molecule has 0 saturated heterocycles. The molecule has 1 saturated carbocycles. The van der Waals surface area contributed by atoms with Gasteiger partial charge in [0.25, 0.3) is 0 Å². The van der Waals surface area contributed by atoms with Gasteiger partial charge in [-0.25, -0.2) is 0 Å². The number of hydrogen-bond donors (Lipinski definition) is 1. The summed E-state index contributed by atoms with van der Waals surface area (Å²) in [6.07, 6.45) is 4.98. The Morgan fingerprint density at radius 2 is 2.41 bits per heavy atom. The maximum atomic E-state index is 5.54. The first kappa shape index (κ1) is 11.2. The van der Waals surface area contributed by atoms with E-state index in [1.165, 1.54) is 24.1 Å². The molecular weight excluding hydrogens is 214 g/mol. The van der Waals surface area contributed by atoms with E-state index in [2.05, 4.69) is 16.2 Å². The minimum Gasteiger partial charge on any atom is -0.381 e. The maximum Gasteiger partial charge on any atom is 0.0736 e. The lowest BCUT2D eigenvalue weighted by Crippen LogP contribution is -2.30. The van der Waals surface area contributed by atoms with Crippen molar-refractivity contribution in [3.8, 4) is 0 Å². The summed E-state index contributed by atoms with van der Waals surface area (Å²) in [5.41, 5.74) is 2.62. The lowest BCUT2D eigenvalue weighted by molar-refractivity contribution is 0.128. The molecule has 1 aliphatic heterocycles. The first-order chi connectivity index (χ1) is 8.36. The topological polar surface area (TPSA) is 39.1 Å². The third-order valence-corrected chi connectivity index (χ3v) is 3.63. The smallest absolute Gasteiger partial charge is 0.0736 e. The van der Waals surface area contributed by atoms with Gasteiger partial charge in [-0.3, -0.25) is 4.68 Å². The molecule has 2 aliphatic rings. The molecule has 0 radical (unpaired) electrons. The molecule has 3 rings (SSSR count). The predicted molar refractivity (Wildman–Crippen MR) is 65.9 cm³/mol. The van der Waals surface area contributed by atoms with Crippen molar-refractivity contribution in [1.29, 1.82) is 0 Å². The fourth-order valence-corrected chi connectivity index (χ4v) is 2.49. The second kappa shape index (κ2) is 4.78. The lowest BCUT2D eigenvalue weighted by atomic mass is 9.99. The van der Waals surface area contributed by atoms with Gasteiger partial charge in [0.2, 0.25) is 0 Å². The van der Waals surface area contributed by atoms with Crippen LogP contribution in [0, 0.1) is 5.92 Å². The van der Waals surface area contributed by atoms with Gasteiger partial charge in [0.05, 0.1) is 12.3 Å². The molecule has 1 atom stereocenters. The van der Waals surface area contributed by atoms with Crippen molar-refractivity contribution >= 4 is 0 Å². The van der Waals surface area contributed by atoms with Crippen molar-refractivity contribution in [3.05, 3.63) is 17.5 Å².